The molecule has 4 N–H and O–H groups in total. The minimum absolute atomic E-state index is 0.115. The van der Waals surface area contributed by atoms with Gasteiger partial charge in [0.05, 0.1) is 6.61 Å². The number of carbonyl (C=O) groups excluding carboxylic acids is 1. The van der Waals surface area contributed by atoms with E-state index < -0.39 is 32.7 Å². The van der Waals surface area contributed by atoms with Gasteiger partial charge in [-0.2, -0.15) is 0 Å². The molecule has 0 saturated carbocycles. The van der Waals surface area contributed by atoms with Gasteiger partial charge < -0.3 is 29.6 Å². The van der Waals surface area contributed by atoms with Gasteiger partial charge in [0, 0.05) is 0 Å². The van der Waals surface area contributed by atoms with E-state index in [0.29, 0.717) is 0 Å². The van der Waals surface area contributed by atoms with Gasteiger partial charge in [-0.1, -0.05) is 81.4 Å². The molecule has 7 heteroatoms. The zero-order valence-electron chi connectivity index (χ0n) is 17.0. The second-order valence-corrected chi connectivity index (χ2v) is 12.5. The van der Waals surface area contributed by atoms with Crippen molar-refractivity contribution < 1.29 is 29.6 Å². The fourth-order valence-corrected chi connectivity index (χ4v) is 8.16. The SMILES string of the molecule is CC(C)(C)[Si](OC[C@@H](O)[C@H](O)[C@H](O)[C@@H](O)C=O)(c1ccccc1)c1ccccc1. The summed E-state index contributed by atoms with van der Waals surface area (Å²) in [5.41, 5.74) is 0. The Bertz CT molecular complexity index is 722. The lowest BCUT2D eigenvalue weighted by Gasteiger charge is -2.43. The zero-order chi connectivity index (χ0) is 21.7. The molecule has 0 aliphatic heterocycles. The Balaban J connectivity index is 2.43. The van der Waals surface area contributed by atoms with Crippen LogP contribution < -0.4 is 10.4 Å². The lowest BCUT2D eigenvalue weighted by Crippen LogP contribution is -2.67. The van der Waals surface area contributed by atoms with E-state index in [9.17, 15) is 25.2 Å². The van der Waals surface area contributed by atoms with Gasteiger partial charge in [-0.05, 0) is 15.4 Å². The lowest BCUT2D eigenvalue weighted by molar-refractivity contribution is -0.135. The molecule has 6 nitrogen and oxygen atoms in total. The second-order valence-electron chi connectivity index (χ2n) is 8.15. The van der Waals surface area contributed by atoms with Crippen LogP contribution in [0.2, 0.25) is 5.04 Å². The van der Waals surface area contributed by atoms with E-state index in [1.54, 1.807) is 0 Å². The van der Waals surface area contributed by atoms with E-state index in [0.717, 1.165) is 10.4 Å². The van der Waals surface area contributed by atoms with E-state index in [2.05, 4.69) is 20.8 Å². The first-order chi connectivity index (χ1) is 13.6. The molecule has 0 aromatic heterocycles. The van der Waals surface area contributed by atoms with Gasteiger partial charge in [0.25, 0.3) is 8.32 Å². The Morgan fingerprint density at radius 3 is 1.69 bits per heavy atom. The summed E-state index contributed by atoms with van der Waals surface area (Å²) in [6.07, 6.45) is -6.68. The standard InChI is InChI=1S/C22H30O6Si/c1-22(2,3)29(16-10-6-4-7-11-16,17-12-8-5-9-13-17)28-15-19(25)21(27)20(26)18(24)14-23/h4-14,18-21,24-27H,15H2,1-3H3/t18-,19+,20+,21-/m0/s1. The van der Waals surface area contributed by atoms with Crippen molar-refractivity contribution in [2.24, 2.45) is 0 Å². The van der Waals surface area contributed by atoms with Crippen molar-refractivity contribution in [3.8, 4) is 0 Å². The maximum Gasteiger partial charge on any atom is 0.261 e. The molecule has 0 spiro atoms. The van der Waals surface area contributed by atoms with Gasteiger partial charge in [0.1, 0.15) is 24.4 Å². The van der Waals surface area contributed by atoms with Crippen molar-refractivity contribution in [3.63, 3.8) is 0 Å². The Kier molecular flexibility index (Phi) is 7.87. The number of hydrogen-bond donors (Lipinski definition) is 4. The molecule has 0 aliphatic rings. The highest BCUT2D eigenvalue weighted by Gasteiger charge is 2.50. The van der Waals surface area contributed by atoms with Crippen molar-refractivity contribution in [1.82, 2.24) is 0 Å². The van der Waals surface area contributed by atoms with Crippen LogP contribution in [0, 0.1) is 0 Å². The molecule has 2 rings (SSSR count). The molecule has 0 unspecified atom stereocenters. The smallest absolute Gasteiger partial charge is 0.261 e. The van der Waals surface area contributed by atoms with Crippen molar-refractivity contribution in [2.75, 3.05) is 6.61 Å². The highest BCUT2D eigenvalue weighted by atomic mass is 28.4. The Morgan fingerprint density at radius 2 is 1.31 bits per heavy atom. The van der Waals surface area contributed by atoms with Crippen LogP contribution in [0.4, 0.5) is 0 Å². The molecule has 158 valence electrons. The number of aliphatic hydroxyl groups is 4. The van der Waals surface area contributed by atoms with E-state index >= 15 is 0 Å². The van der Waals surface area contributed by atoms with E-state index in [1.807, 2.05) is 60.7 Å². The predicted octanol–water partition coefficient (Wildman–Crippen LogP) is 0.206. The first kappa shape index (κ1) is 23.4. The third-order valence-electron chi connectivity index (χ3n) is 5.12. The molecule has 2 aromatic rings. The van der Waals surface area contributed by atoms with E-state index in [4.69, 9.17) is 4.43 Å². The number of carbonyl (C=O) groups is 1. The normalized spacial score (nSPS) is 16.7. The molecule has 0 fully saturated rings. The van der Waals surface area contributed by atoms with Crippen molar-refractivity contribution in [1.29, 1.82) is 0 Å². The number of benzene rings is 2. The van der Waals surface area contributed by atoms with E-state index in [-0.39, 0.29) is 17.9 Å². The number of rotatable bonds is 9. The summed E-state index contributed by atoms with van der Waals surface area (Å²) in [7, 11) is -2.91. The highest BCUT2D eigenvalue weighted by molar-refractivity contribution is 6.99. The van der Waals surface area contributed by atoms with Gasteiger partial charge in [-0.15, -0.1) is 0 Å². The maximum absolute atomic E-state index is 10.7. The molecule has 4 atom stereocenters. The Morgan fingerprint density at radius 1 is 0.862 bits per heavy atom. The monoisotopic (exact) mass is 418 g/mol. The fraction of sp³-hybridized carbons (Fsp3) is 0.409. The van der Waals surface area contributed by atoms with Crippen LogP contribution in [0.3, 0.4) is 0 Å². The molecule has 0 aliphatic carbocycles. The molecule has 0 heterocycles. The largest absolute Gasteiger partial charge is 0.405 e. The molecule has 0 radical (unpaired) electrons. The second kappa shape index (κ2) is 9.75. The van der Waals surface area contributed by atoms with Crippen LogP contribution >= 0.6 is 0 Å². The Hall–Kier alpha value is -1.87. The minimum Gasteiger partial charge on any atom is -0.405 e. The molecule has 0 bridgehead atoms. The summed E-state index contributed by atoms with van der Waals surface area (Å²) in [5.74, 6) is 0. The first-order valence-electron chi connectivity index (χ1n) is 9.57. The number of hydrogen-bond acceptors (Lipinski definition) is 6. The number of aldehydes is 1. The quantitative estimate of drug-likeness (QED) is 0.343. The van der Waals surface area contributed by atoms with Crippen LogP contribution in [-0.4, -0.2) is 66.1 Å². The third kappa shape index (κ3) is 5.00. The lowest BCUT2D eigenvalue weighted by atomic mass is 10.0. The summed E-state index contributed by atoms with van der Waals surface area (Å²) in [5, 5.41) is 41.5. The molecule has 0 saturated heterocycles. The average Bonchev–Trinajstić information content (AvgIpc) is 2.72. The van der Waals surface area contributed by atoms with Gasteiger partial charge in [0.2, 0.25) is 0 Å². The van der Waals surface area contributed by atoms with Gasteiger partial charge in [-0.25, -0.2) is 0 Å². The summed E-state index contributed by atoms with van der Waals surface area (Å²) >= 11 is 0. The van der Waals surface area contributed by atoms with E-state index in [1.165, 1.54) is 0 Å². The minimum atomic E-state index is -2.91. The van der Waals surface area contributed by atoms with Crippen LogP contribution in [-0.2, 0) is 9.22 Å². The van der Waals surface area contributed by atoms with Crippen molar-refractivity contribution in [3.05, 3.63) is 60.7 Å². The highest BCUT2D eigenvalue weighted by Crippen LogP contribution is 2.36. The summed E-state index contributed by atoms with van der Waals surface area (Å²) < 4.78 is 6.46. The van der Waals surface area contributed by atoms with Gasteiger partial charge in [0.15, 0.2) is 6.29 Å². The average molecular weight is 419 g/mol. The summed E-state index contributed by atoms with van der Waals surface area (Å²) in [6, 6.07) is 19.6. The molecule has 2 aromatic carbocycles. The van der Waals surface area contributed by atoms with Crippen LogP contribution in [0.25, 0.3) is 0 Å². The molecular weight excluding hydrogens is 388 g/mol. The maximum atomic E-state index is 10.7. The van der Waals surface area contributed by atoms with Crippen LogP contribution in [0.1, 0.15) is 20.8 Å². The molecular formula is C22H30O6Si. The van der Waals surface area contributed by atoms with Crippen LogP contribution in [0.5, 0.6) is 0 Å². The van der Waals surface area contributed by atoms with Gasteiger partial charge >= 0.3 is 0 Å². The molecule has 0 amide bonds. The fourth-order valence-electron chi connectivity index (χ4n) is 3.58. The van der Waals surface area contributed by atoms with Crippen molar-refractivity contribution in [2.45, 2.75) is 50.2 Å². The summed E-state index contributed by atoms with van der Waals surface area (Å²) in [6.45, 7) is 5.96. The third-order valence-corrected chi connectivity index (χ3v) is 10.1. The van der Waals surface area contributed by atoms with Crippen molar-refractivity contribution >= 4 is 25.0 Å². The van der Waals surface area contributed by atoms with Gasteiger partial charge in [-0.3, -0.25) is 0 Å². The number of aliphatic hydroxyl groups excluding tert-OH is 4. The zero-order valence-corrected chi connectivity index (χ0v) is 18.0. The summed E-state index contributed by atoms with van der Waals surface area (Å²) in [4.78, 5) is 10.7. The van der Waals surface area contributed by atoms with Crippen LogP contribution in [0.15, 0.2) is 60.7 Å². The predicted molar refractivity (Wildman–Crippen MR) is 114 cm³/mol. The first-order valence-corrected chi connectivity index (χ1v) is 11.5. The molecule has 29 heavy (non-hydrogen) atoms. The Labute approximate surface area is 172 Å². The topological polar surface area (TPSA) is 107 Å².